The Morgan fingerprint density at radius 1 is 0.923 bits per heavy atom. The number of carbonyl (C=O) groups is 1. The molecule has 2 saturated heterocycles. The Balaban J connectivity index is 1.36. The van der Waals surface area contributed by atoms with E-state index in [0.717, 1.165) is 42.9 Å². The number of anilines is 2. The van der Waals surface area contributed by atoms with Crippen molar-refractivity contribution in [3.05, 3.63) is 76.7 Å². The number of hydrogen-bond donors (Lipinski definition) is 2. The van der Waals surface area contributed by atoms with Crippen LogP contribution in [0.25, 0.3) is 0 Å². The molecule has 0 saturated carbocycles. The zero-order chi connectivity index (χ0) is 27.6. The minimum Gasteiger partial charge on any atom is -0.506 e. The van der Waals surface area contributed by atoms with Gasteiger partial charge in [0.2, 0.25) is 5.91 Å². The van der Waals surface area contributed by atoms with Crippen LogP contribution in [0.1, 0.15) is 53.5 Å². The zero-order valence-corrected chi connectivity index (χ0v) is 23.5. The maximum atomic E-state index is 13.4. The van der Waals surface area contributed by atoms with E-state index in [0.29, 0.717) is 30.1 Å². The number of carbonyl (C=O) groups excluding carboxylic acids is 1. The Kier molecular flexibility index (Phi) is 7.88. The second kappa shape index (κ2) is 11.3. The molecule has 1 unspecified atom stereocenters. The van der Waals surface area contributed by atoms with Crippen LogP contribution in [0.5, 0.6) is 5.75 Å². The molecule has 3 aromatic rings. The first kappa shape index (κ1) is 27.1. The predicted octanol–water partition coefficient (Wildman–Crippen LogP) is 4.28. The van der Waals surface area contributed by atoms with Gasteiger partial charge in [0.25, 0.3) is 0 Å². The highest BCUT2D eigenvalue weighted by atomic mass is 32.2. The van der Waals surface area contributed by atoms with Gasteiger partial charge in [-0.2, -0.15) is 0 Å². The second-order valence-corrected chi connectivity index (χ2v) is 13.0. The van der Waals surface area contributed by atoms with Crippen LogP contribution in [-0.4, -0.2) is 57.1 Å². The molecule has 2 aliphatic heterocycles. The van der Waals surface area contributed by atoms with Gasteiger partial charge in [0.05, 0.1) is 23.6 Å². The van der Waals surface area contributed by atoms with E-state index >= 15 is 0 Å². The fourth-order valence-electron chi connectivity index (χ4n) is 5.51. The van der Waals surface area contributed by atoms with Gasteiger partial charge in [-0.3, -0.25) is 4.79 Å². The van der Waals surface area contributed by atoms with Gasteiger partial charge in [-0.1, -0.05) is 18.2 Å². The minimum atomic E-state index is -3.02. The number of benzene rings is 2. The standard InChI is InChI=1S/C30H37N3O5S/c1-21-6-9-24(26(18-21)32-12-4-3-5-13-32)30(28-11-7-22(2)38-28)31-29(35)20-23-8-10-25(27(34)19-23)33-14-16-39(36,37)17-15-33/h6-11,18-19,30,34H,3-5,12-17,20H2,1-2H3,(H,31,35). The lowest BCUT2D eigenvalue weighted by molar-refractivity contribution is -0.121. The summed E-state index contributed by atoms with van der Waals surface area (Å²) in [5, 5.41) is 13.9. The van der Waals surface area contributed by atoms with Gasteiger partial charge in [-0.15, -0.1) is 0 Å². The molecule has 8 nitrogen and oxygen atoms in total. The second-order valence-electron chi connectivity index (χ2n) is 10.7. The third kappa shape index (κ3) is 6.41. The molecular formula is C30H37N3O5S. The normalized spacial score (nSPS) is 18.1. The first-order chi connectivity index (χ1) is 18.7. The molecule has 1 aromatic heterocycles. The lowest BCUT2D eigenvalue weighted by atomic mass is 9.97. The van der Waals surface area contributed by atoms with Crippen molar-refractivity contribution in [3.8, 4) is 5.75 Å². The van der Waals surface area contributed by atoms with Gasteiger partial charge in [0.15, 0.2) is 9.84 Å². The number of rotatable bonds is 7. The highest BCUT2D eigenvalue weighted by Crippen LogP contribution is 2.35. The largest absolute Gasteiger partial charge is 0.506 e. The quantitative estimate of drug-likeness (QED) is 0.452. The molecule has 9 heteroatoms. The average molecular weight is 552 g/mol. The van der Waals surface area contributed by atoms with Gasteiger partial charge < -0.3 is 24.6 Å². The van der Waals surface area contributed by atoms with Crippen LogP contribution in [0.4, 0.5) is 11.4 Å². The molecule has 39 heavy (non-hydrogen) atoms. The lowest BCUT2D eigenvalue weighted by Gasteiger charge is -2.33. The summed E-state index contributed by atoms with van der Waals surface area (Å²) in [6, 6.07) is 14.9. The summed E-state index contributed by atoms with van der Waals surface area (Å²) in [5.41, 5.74) is 4.56. The van der Waals surface area contributed by atoms with Crippen molar-refractivity contribution in [2.45, 2.75) is 45.6 Å². The third-order valence-corrected chi connectivity index (χ3v) is 9.24. The zero-order valence-electron chi connectivity index (χ0n) is 22.7. The summed E-state index contributed by atoms with van der Waals surface area (Å²) < 4.78 is 29.6. The first-order valence-corrected chi connectivity index (χ1v) is 15.5. The first-order valence-electron chi connectivity index (χ1n) is 13.7. The molecular weight excluding hydrogens is 514 g/mol. The van der Waals surface area contributed by atoms with Crippen molar-refractivity contribution >= 4 is 27.1 Å². The SMILES string of the molecule is Cc1ccc(C(NC(=O)Cc2ccc(N3CCS(=O)(=O)CC3)c(O)c2)c2ccc(C)o2)c(N2CCCCC2)c1. The topological polar surface area (TPSA) is 103 Å². The molecule has 2 aromatic carbocycles. The maximum Gasteiger partial charge on any atom is 0.225 e. The van der Waals surface area contributed by atoms with Crippen LogP contribution in [-0.2, 0) is 21.1 Å². The Morgan fingerprint density at radius 2 is 1.64 bits per heavy atom. The van der Waals surface area contributed by atoms with Crippen LogP contribution in [0.2, 0.25) is 0 Å². The van der Waals surface area contributed by atoms with Crippen LogP contribution in [0, 0.1) is 13.8 Å². The molecule has 3 heterocycles. The number of nitrogens with zero attached hydrogens (tertiary/aromatic N) is 2. The van der Waals surface area contributed by atoms with Gasteiger partial charge >= 0.3 is 0 Å². The number of phenolic OH excluding ortho intramolecular Hbond substituents is 1. The van der Waals surface area contributed by atoms with Gasteiger partial charge in [0, 0.05) is 37.4 Å². The van der Waals surface area contributed by atoms with Gasteiger partial charge in [0.1, 0.15) is 23.3 Å². The van der Waals surface area contributed by atoms with E-state index in [4.69, 9.17) is 4.42 Å². The van der Waals surface area contributed by atoms with E-state index in [1.807, 2.05) is 30.0 Å². The van der Waals surface area contributed by atoms with Crippen LogP contribution >= 0.6 is 0 Å². The monoisotopic (exact) mass is 551 g/mol. The van der Waals surface area contributed by atoms with E-state index in [1.54, 1.807) is 12.1 Å². The average Bonchev–Trinajstić information content (AvgIpc) is 3.34. The van der Waals surface area contributed by atoms with Crippen molar-refractivity contribution in [3.63, 3.8) is 0 Å². The van der Waals surface area contributed by atoms with Crippen molar-refractivity contribution in [2.24, 2.45) is 0 Å². The number of aryl methyl sites for hydroxylation is 2. The van der Waals surface area contributed by atoms with E-state index < -0.39 is 15.9 Å². The molecule has 208 valence electrons. The summed E-state index contributed by atoms with van der Waals surface area (Å²) >= 11 is 0. The molecule has 2 fully saturated rings. The van der Waals surface area contributed by atoms with Gasteiger partial charge in [-0.05, 0) is 74.6 Å². The fraction of sp³-hybridized carbons (Fsp3) is 0.433. The van der Waals surface area contributed by atoms with E-state index in [-0.39, 0.29) is 29.6 Å². The smallest absolute Gasteiger partial charge is 0.225 e. The number of hydrogen-bond acceptors (Lipinski definition) is 7. The van der Waals surface area contributed by atoms with Gasteiger partial charge in [-0.25, -0.2) is 8.42 Å². The molecule has 2 N–H and O–H groups in total. The summed E-state index contributed by atoms with van der Waals surface area (Å²) in [4.78, 5) is 17.7. The Hall–Kier alpha value is -3.46. The molecule has 1 atom stereocenters. The number of sulfone groups is 1. The lowest BCUT2D eigenvalue weighted by Crippen LogP contribution is -2.40. The fourth-order valence-corrected chi connectivity index (χ4v) is 6.72. The van der Waals surface area contributed by atoms with Crippen molar-refractivity contribution < 1.29 is 22.7 Å². The van der Waals surface area contributed by atoms with Crippen molar-refractivity contribution in [2.75, 3.05) is 47.5 Å². The Labute approximate surface area is 230 Å². The number of furan rings is 1. The molecule has 1 amide bonds. The van der Waals surface area contributed by atoms with Crippen LogP contribution < -0.4 is 15.1 Å². The highest BCUT2D eigenvalue weighted by Gasteiger charge is 2.27. The minimum absolute atomic E-state index is 0.0451. The van der Waals surface area contributed by atoms with Crippen molar-refractivity contribution in [1.29, 1.82) is 0 Å². The molecule has 0 radical (unpaired) electrons. The number of aromatic hydroxyl groups is 1. The van der Waals surface area contributed by atoms with Crippen LogP contribution in [0.15, 0.2) is 52.9 Å². The summed E-state index contributed by atoms with van der Waals surface area (Å²) in [5.74, 6) is 1.47. The Morgan fingerprint density at radius 3 is 2.31 bits per heavy atom. The molecule has 0 bridgehead atoms. The third-order valence-electron chi connectivity index (χ3n) is 7.63. The maximum absolute atomic E-state index is 13.4. The van der Waals surface area contributed by atoms with E-state index in [2.05, 4.69) is 35.3 Å². The highest BCUT2D eigenvalue weighted by molar-refractivity contribution is 7.91. The number of piperidine rings is 1. The summed E-state index contributed by atoms with van der Waals surface area (Å²) in [6.07, 6.45) is 3.62. The molecule has 0 spiro atoms. The number of nitrogens with one attached hydrogen (secondary N) is 1. The molecule has 0 aliphatic carbocycles. The predicted molar refractivity (Wildman–Crippen MR) is 153 cm³/mol. The van der Waals surface area contributed by atoms with E-state index in [9.17, 15) is 18.3 Å². The number of amides is 1. The number of phenols is 1. The van der Waals surface area contributed by atoms with Crippen LogP contribution in [0.3, 0.4) is 0 Å². The van der Waals surface area contributed by atoms with Crippen molar-refractivity contribution in [1.82, 2.24) is 5.32 Å². The summed E-state index contributed by atoms with van der Waals surface area (Å²) in [6.45, 7) is 6.64. The molecule has 5 rings (SSSR count). The summed E-state index contributed by atoms with van der Waals surface area (Å²) in [7, 11) is -3.02. The van der Waals surface area contributed by atoms with E-state index in [1.165, 1.54) is 12.0 Å². The molecule has 2 aliphatic rings. The Bertz CT molecular complexity index is 1430.